The van der Waals surface area contributed by atoms with Crippen molar-refractivity contribution in [1.82, 2.24) is 0 Å². The van der Waals surface area contributed by atoms with Crippen LogP contribution in [0.15, 0.2) is 0 Å². The van der Waals surface area contributed by atoms with Gasteiger partial charge in [0, 0.05) is 0 Å². The van der Waals surface area contributed by atoms with Gasteiger partial charge in [-0.05, 0) is 0 Å². The number of aliphatic hydroxyl groups excluding tert-OH is 1. The highest BCUT2D eigenvalue weighted by molar-refractivity contribution is 4.98. The molecule has 4 atom stereocenters. The van der Waals surface area contributed by atoms with Gasteiger partial charge in [-0.2, -0.15) is 96.6 Å². The van der Waals surface area contributed by atoms with Crippen LogP contribution < -0.4 is 0 Å². The summed E-state index contributed by atoms with van der Waals surface area (Å²) in [6.07, 6.45) is -65.6. The van der Waals surface area contributed by atoms with Gasteiger partial charge in [0.25, 0.3) is 0 Å². The molecule has 0 saturated heterocycles. The van der Waals surface area contributed by atoms with Crippen LogP contribution in [0, 0.1) is 0 Å². The van der Waals surface area contributed by atoms with E-state index in [1.165, 1.54) is 0 Å². The fourth-order valence-corrected chi connectivity index (χ4v) is 1.94. The standard InChI is InChI=1S/C13H3F25O5/c14-2(1-39,6(18,19)20)40-10(30,31)3(15,7(21,22)23)41-11(32,33)4(16,8(24,25)26)42-12(34,35)5(17,9(27,28)29)43-13(36,37)38/h39H,1H2. The van der Waals surface area contributed by atoms with Gasteiger partial charge in [0.1, 0.15) is 6.61 Å². The van der Waals surface area contributed by atoms with Crippen LogP contribution in [0.2, 0.25) is 0 Å². The van der Waals surface area contributed by atoms with Crippen molar-refractivity contribution in [2.24, 2.45) is 0 Å². The van der Waals surface area contributed by atoms with Gasteiger partial charge >= 0.3 is 72.8 Å². The normalized spacial score (nSPS) is 21.1. The topological polar surface area (TPSA) is 57.2 Å². The molecule has 260 valence electrons. The van der Waals surface area contributed by atoms with E-state index in [0.29, 0.717) is 0 Å². The van der Waals surface area contributed by atoms with Crippen LogP contribution in [0.1, 0.15) is 0 Å². The smallest absolute Gasteiger partial charge is 0.390 e. The Hall–Kier alpha value is -1.95. The molecule has 0 saturated carbocycles. The predicted molar refractivity (Wildman–Crippen MR) is 71.9 cm³/mol. The number of alkyl halides is 25. The highest BCUT2D eigenvalue weighted by Gasteiger charge is 2.88. The van der Waals surface area contributed by atoms with Crippen molar-refractivity contribution in [2.75, 3.05) is 6.61 Å². The van der Waals surface area contributed by atoms with E-state index in [-0.39, 0.29) is 0 Å². The maximum atomic E-state index is 14.1. The van der Waals surface area contributed by atoms with Gasteiger partial charge in [-0.3, -0.25) is 14.2 Å². The molecule has 0 aliphatic carbocycles. The SMILES string of the molecule is OCC(F)(OC(F)(F)C(F)(OC(F)(F)C(F)(OC(F)(F)C(F)(OC(F)(F)F)C(F)(F)F)C(F)(F)F)C(F)(F)F)C(F)(F)F. The average Bonchev–Trinajstić information content (AvgIpc) is 2.67. The molecule has 0 aliphatic heterocycles. The Morgan fingerprint density at radius 2 is 0.558 bits per heavy atom. The van der Waals surface area contributed by atoms with E-state index >= 15 is 0 Å². The predicted octanol–water partition coefficient (Wildman–Crippen LogP) is 7.26. The summed E-state index contributed by atoms with van der Waals surface area (Å²) in [6.45, 7) is -3.68. The quantitative estimate of drug-likeness (QED) is 0.229. The van der Waals surface area contributed by atoms with Crippen molar-refractivity contribution in [3.8, 4) is 0 Å². The number of aliphatic hydroxyl groups is 1. The molecule has 30 heteroatoms. The first-order valence-electron chi connectivity index (χ1n) is 8.78. The van der Waals surface area contributed by atoms with E-state index in [1.54, 1.807) is 4.74 Å². The first-order chi connectivity index (χ1) is 18.1. The minimum atomic E-state index is -8.87. The fraction of sp³-hybridized carbons (Fsp3) is 1.00. The van der Waals surface area contributed by atoms with Gasteiger partial charge < -0.3 is 5.11 Å². The van der Waals surface area contributed by atoms with E-state index in [0.717, 1.165) is 14.2 Å². The molecule has 4 unspecified atom stereocenters. The van der Waals surface area contributed by atoms with E-state index in [9.17, 15) is 110 Å². The summed E-state index contributed by atoms with van der Waals surface area (Å²) in [5.41, 5.74) is 0. The van der Waals surface area contributed by atoms with Gasteiger partial charge in [-0.25, -0.2) is 4.74 Å². The number of rotatable bonds is 11. The van der Waals surface area contributed by atoms with Crippen molar-refractivity contribution in [3.05, 3.63) is 0 Å². The van der Waals surface area contributed by atoms with Crippen LogP contribution in [0.4, 0.5) is 110 Å². The zero-order valence-electron chi connectivity index (χ0n) is 18.2. The monoisotopic (exact) mass is 714 g/mol. The summed E-state index contributed by atoms with van der Waals surface area (Å²) in [5.74, 6) is -32.5. The third-order valence-electron chi connectivity index (χ3n) is 3.93. The maximum Gasteiger partial charge on any atom is 0.525 e. The first kappa shape index (κ1) is 41.0. The van der Waals surface area contributed by atoms with E-state index in [1.807, 2.05) is 0 Å². The molecule has 0 spiro atoms. The maximum absolute atomic E-state index is 14.1. The van der Waals surface area contributed by atoms with Crippen molar-refractivity contribution >= 4 is 0 Å². The summed E-state index contributed by atoms with van der Waals surface area (Å²) in [4.78, 5) is 0. The lowest BCUT2D eigenvalue weighted by atomic mass is 10.2. The fourth-order valence-electron chi connectivity index (χ4n) is 1.94. The lowest BCUT2D eigenvalue weighted by Gasteiger charge is -2.43. The molecule has 1 N–H and O–H groups in total. The van der Waals surface area contributed by atoms with Crippen LogP contribution >= 0.6 is 0 Å². The number of ether oxygens (including phenoxy) is 4. The zero-order chi connectivity index (χ0) is 35.5. The second-order valence-electron chi connectivity index (χ2n) is 7.07. The lowest BCUT2D eigenvalue weighted by molar-refractivity contribution is -0.591. The summed E-state index contributed by atoms with van der Waals surface area (Å²) < 4.78 is 330. The molecule has 0 fully saturated rings. The third kappa shape index (κ3) is 7.48. The molecule has 0 bridgehead atoms. The highest BCUT2D eigenvalue weighted by atomic mass is 19.4. The minimum Gasteiger partial charge on any atom is -0.390 e. The Bertz CT molecular complexity index is 963. The van der Waals surface area contributed by atoms with Crippen LogP contribution in [-0.4, -0.2) is 84.5 Å². The summed E-state index contributed by atoms with van der Waals surface area (Å²) >= 11 is 0. The first-order valence-corrected chi connectivity index (χ1v) is 8.78. The molecule has 43 heavy (non-hydrogen) atoms. The van der Waals surface area contributed by atoms with Gasteiger partial charge in [-0.1, -0.05) is 0 Å². The van der Waals surface area contributed by atoms with Crippen molar-refractivity contribution in [3.63, 3.8) is 0 Å². The molecule has 0 aromatic heterocycles. The molecule has 0 aliphatic rings. The number of hydrogen-bond acceptors (Lipinski definition) is 5. The molecule has 5 nitrogen and oxygen atoms in total. The molecular weight excluding hydrogens is 711 g/mol. The Labute approximate surface area is 215 Å². The zero-order valence-corrected chi connectivity index (χ0v) is 18.2. The second kappa shape index (κ2) is 10.8. The molecule has 0 amide bonds. The second-order valence-corrected chi connectivity index (χ2v) is 7.07. The van der Waals surface area contributed by atoms with E-state index in [4.69, 9.17) is 5.11 Å². The highest BCUT2D eigenvalue weighted by Crippen LogP contribution is 2.59. The number of hydrogen-bond donors (Lipinski definition) is 1. The largest absolute Gasteiger partial charge is 0.525 e. The summed E-state index contributed by atoms with van der Waals surface area (Å²) in [6, 6.07) is 0. The van der Waals surface area contributed by atoms with Crippen LogP contribution in [0.25, 0.3) is 0 Å². The van der Waals surface area contributed by atoms with Crippen molar-refractivity contribution in [2.45, 2.75) is 72.8 Å². The molecule has 0 aromatic carbocycles. The van der Waals surface area contributed by atoms with Gasteiger partial charge in [0.05, 0.1) is 0 Å². The Kier molecular flexibility index (Phi) is 10.4. The molecular formula is C13H3F25O5. The van der Waals surface area contributed by atoms with E-state index in [2.05, 4.69) is 0 Å². The summed E-state index contributed by atoms with van der Waals surface area (Å²) in [7, 11) is 0. The average molecular weight is 714 g/mol. The van der Waals surface area contributed by atoms with Crippen LogP contribution in [0.3, 0.4) is 0 Å². The molecule has 0 radical (unpaired) electrons. The summed E-state index contributed by atoms with van der Waals surface area (Å²) in [5, 5.41) is 8.09. The van der Waals surface area contributed by atoms with Crippen LogP contribution in [0.5, 0.6) is 0 Å². The lowest BCUT2D eigenvalue weighted by Crippen LogP contribution is -2.71. The Balaban J connectivity index is 7.37. The Morgan fingerprint density at radius 3 is 0.744 bits per heavy atom. The Morgan fingerprint density at radius 1 is 0.326 bits per heavy atom. The molecule has 0 heterocycles. The van der Waals surface area contributed by atoms with Gasteiger partial charge in [0.15, 0.2) is 0 Å². The van der Waals surface area contributed by atoms with E-state index < -0.39 is 79.4 Å². The van der Waals surface area contributed by atoms with Gasteiger partial charge in [0.2, 0.25) is 0 Å². The van der Waals surface area contributed by atoms with Crippen molar-refractivity contribution < 1.29 is 134 Å². The molecule has 0 rings (SSSR count). The van der Waals surface area contributed by atoms with Gasteiger partial charge in [-0.15, -0.1) is 13.2 Å². The third-order valence-corrected chi connectivity index (χ3v) is 3.93. The number of halogens is 25. The van der Waals surface area contributed by atoms with Crippen LogP contribution in [-0.2, 0) is 18.9 Å². The van der Waals surface area contributed by atoms with Crippen molar-refractivity contribution in [1.29, 1.82) is 0 Å². The minimum absolute atomic E-state index is 1.01. The molecule has 0 aromatic rings.